The molecule has 7 heteroatoms. The third-order valence-corrected chi connectivity index (χ3v) is 7.18. The minimum atomic E-state index is -0.0742. The van der Waals surface area contributed by atoms with Crippen LogP contribution in [0.25, 0.3) is 0 Å². The fourth-order valence-electron chi connectivity index (χ4n) is 5.48. The van der Waals surface area contributed by atoms with E-state index in [2.05, 4.69) is 37.3 Å². The number of hydrogen-bond donors (Lipinski definition) is 3. The lowest BCUT2D eigenvalue weighted by molar-refractivity contribution is -0.124. The van der Waals surface area contributed by atoms with Gasteiger partial charge < -0.3 is 10.2 Å². The molecule has 1 amide bonds. The highest BCUT2D eigenvalue weighted by molar-refractivity contribution is 5.82. The molecule has 0 aromatic carbocycles. The number of anilines is 1. The summed E-state index contributed by atoms with van der Waals surface area (Å²) in [5, 5.41) is 12.3. The van der Waals surface area contributed by atoms with Gasteiger partial charge in [-0.25, -0.2) is 5.43 Å². The summed E-state index contributed by atoms with van der Waals surface area (Å²) in [6, 6.07) is 2.90. The summed E-state index contributed by atoms with van der Waals surface area (Å²) in [4.78, 5) is 15.2. The highest BCUT2D eigenvalue weighted by Crippen LogP contribution is 2.30. The first-order chi connectivity index (χ1) is 13.8. The number of nitrogens with zero attached hydrogens (tertiary/aromatic N) is 3. The van der Waals surface area contributed by atoms with Crippen molar-refractivity contribution in [3.63, 3.8) is 0 Å². The number of aryl methyl sites for hydroxylation is 2. The second-order valence-corrected chi connectivity index (χ2v) is 8.97. The number of fused-ring (bicyclic) bond motifs is 2. The zero-order chi connectivity index (χ0) is 18.9. The van der Waals surface area contributed by atoms with E-state index in [1.807, 2.05) is 0 Å². The summed E-state index contributed by atoms with van der Waals surface area (Å²) in [6.07, 6.45) is 11.5. The molecule has 3 N–H and O–H groups in total. The predicted octanol–water partition coefficient (Wildman–Crippen LogP) is 1.48. The zero-order valence-electron chi connectivity index (χ0n) is 16.6. The molecule has 3 atom stereocenters. The van der Waals surface area contributed by atoms with Crippen molar-refractivity contribution in [2.75, 3.05) is 18.0 Å². The number of hydrogen-bond acceptors (Lipinski definition) is 6. The van der Waals surface area contributed by atoms with Gasteiger partial charge in [0.15, 0.2) is 5.82 Å². The normalized spacial score (nSPS) is 30.6. The van der Waals surface area contributed by atoms with Crippen molar-refractivity contribution in [1.82, 2.24) is 26.4 Å². The highest BCUT2D eigenvalue weighted by Gasteiger charge is 2.41. The molecule has 1 aromatic rings. The predicted molar refractivity (Wildman–Crippen MR) is 108 cm³/mol. The lowest BCUT2D eigenvalue weighted by Gasteiger charge is -2.34. The van der Waals surface area contributed by atoms with Crippen molar-refractivity contribution < 1.29 is 4.79 Å². The van der Waals surface area contributed by atoms with E-state index in [-0.39, 0.29) is 18.0 Å². The van der Waals surface area contributed by atoms with Crippen molar-refractivity contribution in [3.05, 3.63) is 17.3 Å². The van der Waals surface area contributed by atoms with Gasteiger partial charge in [-0.1, -0.05) is 12.8 Å². The SMILES string of the molecule is O=C(NC1CCN(c2cc3c(nn2)CCCC3)CC1)C1NNC2CCCCC21. The first-order valence-corrected chi connectivity index (χ1v) is 11.2. The largest absolute Gasteiger partial charge is 0.355 e. The van der Waals surface area contributed by atoms with Crippen LogP contribution in [0.2, 0.25) is 0 Å². The van der Waals surface area contributed by atoms with Crippen LogP contribution in [0.4, 0.5) is 5.82 Å². The van der Waals surface area contributed by atoms with E-state index in [1.54, 1.807) is 0 Å². The van der Waals surface area contributed by atoms with E-state index >= 15 is 0 Å². The lowest BCUT2D eigenvalue weighted by Crippen LogP contribution is -2.52. The Balaban J connectivity index is 1.15. The third-order valence-electron chi connectivity index (χ3n) is 7.18. The van der Waals surface area contributed by atoms with Gasteiger partial charge in [0, 0.05) is 31.1 Å². The maximum atomic E-state index is 12.8. The molecule has 1 saturated carbocycles. The van der Waals surface area contributed by atoms with Gasteiger partial charge in [-0.3, -0.25) is 10.2 Å². The van der Waals surface area contributed by atoms with Crippen LogP contribution in [0.3, 0.4) is 0 Å². The number of nitrogens with one attached hydrogen (secondary N) is 3. The Bertz CT molecular complexity index is 717. The first-order valence-electron chi connectivity index (χ1n) is 11.2. The monoisotopic (exact) mass is 384 g/mol. The molecule has 3 unspecified atom stereocenters. The van der Waals surface area contributed by atoms with Crippen LogP contribution < -0.4 is 21.1 Å². The maximum absolute atomic E-state index is 12.8. The molecule has 2 saturated heterocycles. The molecule has 2 aliphatic heterocycles. The van der Waals surface area contributed by atoms with Crippen molar-refractivity contribution in [2.45, 2.75) is 82.3 Å². The van der Waals surface area contributed by atoms with Gasteiger partial charge in [0.2, 0.25) is 5.91 Å². The topological polar surface area (TPSA) is 82.2 Å². The van der Waals surface area contributed by atoms with Crippen LogP contribution >= 0.6 is 0 Å². The van der Waals surface area contributed by atoms with Crippen LogP contribution in [0.15, 0.2) is 6.07 Å². The molecule has 0 radical (unpaired) electrons. The second-order valence-electron chi connectivity index (χ2n) is 8.97. The van der Waals surface area contributed by atoms with Gasteiger partial charge in [-0.05, 0) is 63.0 Å². The molecule has 4 aliphatic rings. The molecular formula is C21H32N6O. The Morgan fingerprint density at radius 2 is 1.82 bits per heavy atom. The number of amides is 1. The van der Waals surface area contributed by atoms with Gasteiger partial charge >= 0.3 is 0 Å². The van der Waals surface area contributed by atoms with Gasteiger partial charge in [0.1, 0.15) is 6.04 Å². The second kappa shape index (κ2) is 7.95. The Labute approximate surface area is 167 Å². The summed E-state index contributed by atoms with van der Waals surface area (Å²) < 4.78 is 0. The molecule has 7 nitrogen and oxygen atoms in total. The summed E-state index contributed by atoms with van der Waals surface area (Å²) in [5.74, 6) is 1.63. The van der Waals surface area contributed by atoms with Gasteiger partial charge in [-0.2, -0.15) is 5.10 Å². The Hall–Kier alpha value is -1.73. The molecule has 3 fully saturated rings. The number of rotatable bonds is 3. The van der Waals surface area contributed by atoms with Crippen LogP contribution in [0.1, 0.15) is 62.6 Å². The number of hydrazine groups is 1. The minimum absolute atomic E-state index is 0.0742. The van der Waals surface area contributed by atoms with E-state index in [9.17, 15) is 4.79 Å². The quantitative estimate of drug-likeness (QED) is 0.732. The highest BCUT2D eigenvalue weighted by atomic mass is 16.2. The molecule has 2 aliphatic carbocycles. The summed E-state index contributed by atoms with van der Waals surface area (Å²) in [6.45, 7) is 1.86. The standard InChI is InChI=1S/C21H32N6O/c28-21(20-16-6-2-4-8-18(16)24-26-20)22-15-9-11-27(12-10-15)19-13-14-5-1-3-7-17(14)23-25-19/h13,15-16,18,20,24,26H,1-12H2,(H,22,28). The number of aromatic nitrogens is 2. The molecular weight excluding hydrogens is 352 g/mol. The average molecular weight is 385 g/mol. The lowest BCUT2D eigenvalue weighted by atomic mass is 9.81. The minimum Gasteiger partial charge on any atom is -0.355 e. The van der Waals surface area contributed by atoms with E-state index in [4.69, 9.17) is 0 Å². The summed E-state index contributed by atoms with van der Waals surface area (Å²) >= 11 is 0. The van der Waals surface area contributed by atoms with E-state index < -0.39 is 0 Å². The van der Waals surface area contributed by atoms with Gasteiger partial charge in [0.05, 0.1) is 5.69 Å². The molecule has 28 heavy (non-hydrogen) atoms. The van der Waals surface area contributed by atoms with Crippen molar-refractivity contribution in [3.8, 4) is 0 Å². The van der Waals surface area contributed by atoms with Crippen LogP contribution in [0, 0.1) is 5.92 Å². The number of carbonyl (C=O) groups excluding carboxylic acids is 1. The summed E-state index contributed by atoms with van der Waals surface area (Å²) in [5.41, 5.74) is 9.18. The fourth-order valence-corrected chi connectivity index (χ4v) is 5.48. The van der Waals surface area contributed by atoms with Crippen molar-refractivity contribution in [1.29, 1.82) is 0 Å². The Kier molecular flexibility index (Phi) is 5.20. The molecule has 5 rings (SSSR count). The molecule has 3 heterocycles. The van der Waals surface area contributed by atoms with E-state index in [1.165, 1.54) is 43.4 Å². The van der Waals surface area contributed by atoms with Crippen molar-refractivity contribution >= 4 is 11.7 Å². The van der Waals surface area contributed by atoms with Gasteiger partial charge in [-0.15, -0.1) is 5.10 Å². The first kappa shape index (κ1) is 18.3. The third kappa shape index (κ3) is 3.62. The maximum Gasteiger partial charge on any atom is 0.239 e. The number of carbonyl (C=O) groups is 1. The van der Waals surface area contributed by atoms with E-state index in [0.717, 1.165) is 51.0 Å². The van der Waals surface area contributed by atoms with Gasteiger partial charge in [0.25, 0.3) is 0 Å². The smallest absolute Gasteiger partial charge is 0.239 e. The Morgan fingerprint density at radius 1 is 1.00 bits per heavy atom. The van der Waals surface area contributed by atoms with E-state index in [0.29, 0.717) is 12.0 Å². The molecule has 1 aromatic heterocycles. The van der Waals surface area contributed by atoms with Crippen LogP contribution in [0.5, 0.6) is 0 Å². The fraction of sp³-hybridized carbons (Fsp3) is 0.762. The number of piperidine rings is 1. The molecule has 152 valence electrons. The molecule has 0 spiro atoms. The Morgan fingerprint density at radius 3 is 2.71 bits per heavy atom. The zero-order valence-corrected chi connectivity index (χ0v) is 16.6. The van der Waals surface area contributed by atoms with Crippen LogP contribution in [-0.2, 0) is 17.6 Å². The van der Waals surface area contributed by atoms with Crippen molar-refractivity contribution in [2.24, 2.45) is 5.92 Å². The summed E-state index contributed by atoms with van der Waals surface area (Å²) in [7, 11) is 0. The van der Waals surface area contributed by atoms with Crippen LogP contribution in [-0.4, -0.2) is 47.3 Å². The molecule has 0 bridgehead atoms. The average Bonchev–Trinajstić information content (AvgIpc) is 3.18.